The van der Waals surface area contributed by atoms with Crippen molar-refractivity contribution in [2.45, 2.75) is 12.8 Å². The third-order valence-corrected chi connectivity index (χ3v) is 7.14. The van der Waals surface area contributed by atoms with Crippen molar-refractivity contribution >= 4 is 27.6 Å². The lowest BCUT2D eigenvalue weighted by Crippen LogP contribution is -2.37. The summed E-state index contributed by atoms with van der Waals surface area (Å²) in [7, 11) is 1.64. The van der Waals surface area contributed by atoms with Crippen LogP contribution in [0.5, 0.6) is 23.0 Å². The fourth-order valence-corrected chi connectivity index (χ4v) is 5.25. The van der Waals surface area contributed by atoms with E-state index in [0.29, 0.717) is 24.5 Å². The zero-order valence-corrected chi connectivity index (χ0v) is 21.5. The Morgan fingerprint density at radius 3 is 2.84 bits per heavy atom. The van der Waals surface area contributed by atoms with E-state index in [0.717, 1.165) is 90.2 Å². The van der Waals surface area contributed by atoms with Crippen LogP contribution < -0.4 is 19.5 Å². The van der Waals surface area contributed by atoms with Gasteiger partial charge < -0.3 is 24.3 Å². The molecule has 0 saturated carbocycles. The summed E-state index contributed by atoms with van der Waals surface area (Å²) in [5, 5.41) is 5.46. The Balaban J connectivity index is 1.25. The van der Waals surface area contributed by atoms with Crippen molar-refractivity contribution in [2.75, 3.05) is 53.1 Å². The van der Waals surface area contributed by atoms with Gasteiger partial charge in [0.15, 0.2) is 11.5 Å². The Morgan fingerprint density at radius 2 is 1.97 bits per heavy atom. The topological polar surface area (TPSA) is 82.2 Å². The van der Waals surface area contributed by atoms with Crippen LogP contribution in [0.2, 0.25) is 0 Å². The minimum atomic E-state index is -0.112. The molecule has 1 aromatic heterocycles. The molecule has 8 nitrogen and oxygen atoms in total. The molecule has 3 heterocycles. The number of pyridine rings is 1. The first-order valence-electron chi connectivity index (χ1n) is 13.1. The van der Waals surface area contributed by atoms with Gasteiger partial charge in [-0.25, -0.2) is 0 Å². The molecule has 1 amide bonds. The van der Waals surface area contributed by atoms with Crippen molar-refractivity contribution in [1.29, 1.82) is 0 Å². The summed E-state index contributed by atoms with van der Waals surface area (Å²) >= 11 is 0. The van der Waals surface area contributed by atoms with E-state index >= 15 is 0 Å². The Morgan fingerprint density at radius 1 is 1.08 bits per heavy atom. The number of ether oxygens (including phenoxy) is 4. The molecule has 38 heavy (non-hydrogen) atoms. The molecule has 2 aliphatic heterocycles. The van der Waals surface area contributed by atoms with Gasteiger partial charge in [-0.15, -0.1) is 0 Å². The average Bonchev–Trinajstić information content (AvgIpc) is 3.45. The first kappa shape index (κ1) is 24.5. The van der Waals surface area contributed by atoms with Crippen molar-refractivity contribution in [3.63, 3.8) is 0 Å². The zero-order chi connectivity index (χ0) is 25.9. The zero-order valence-electron chi connectivity index (χ0n) is 21.5. The van der Waals surface area contributed by atoms with Gasteiger partial charge in [0.1, 0.15) is 11.5 Å². The van der Waals surface area contributed by atoms with Gasteiger partial charge in [-0.2, -0.15) is 0 Å². The summed E-state index contributed by atoms with van der Waals surface area (Å²) in [5.74, 6) is 2.83. The standard InChI is InChI=1S/C30H31N3O5/c1-31-30(34)23-5-2-4-20-18-21(6-7-22(20)23)38-26-8-10-32-25-19-27(29-24(28(25)26)9-15-37-29)36-14-3-11-33-12-16-35-17-13-33/h2,4-8,10,18-19H,3,9,11-17H2,1H3,(H,31,34). The number of hydrogen-bond donors (Lipinski definition) is 1. The van der Waals surface area contributed by atoms with Gasteiger partial charge >= 0.3 is 0 Å². The number of carbonyl (C=O) groups is 1. The maximum absolute atomic E-state index is 12.3. The second-order valence-corrected chi connectivity index (χ2v) is 9.51. The summed E-state index contributed by atoms with van der Waals surface area (Å²) in [4.78, 5) is 19.3. The fourth-order valence-electron chi connectivity index (χ4n) is 5.25. The van der Waals surface area contributed by atoms with E-state index < -0.39 is 0 Å². The van der Waals surface area contributed by atoms with Crippen molar-refractivity contribution < 1.29 is 23.7 Å². The highest BCUT2D eigenvalue weighted by atomic mass is 16.5. The van der Waals surface area contributed by atoms with Gasteiger partial charge in [0, 0.05) is 56.5 Å². The number of fused-ring (bicyclic) bond motifs is 4. The smallest absolute Gasteiger partial charge is 0.251 e. The molecule has 0 radical (unpaired) electrons. The van der Waals surface area contributed by atoms with Crippen molar-refractivity contribution in [3.8, 4) is 23.0 Å². The van der Waals surface area contributed by atoms with E-state index in [-0.39, 0.29) is 5.91 Å². The molecule has 0 unspecified atom stereocenters. The van der Waals surface area contributed by atoms with Crippen LogP contribution in [0.4, 0.5) is 0 Å². The van der Waals surface area contributed by atoms with Gasteiger partial charge in [-0.05, 0) is 47.5 Å². The predicted molar refractivity (Wildman–Crippen MR) is 146 cm³/mol. The highest BCUT2D eigenvalue weighted by Gasteiger charge is 2.24. The largest absolute Gasteiger partial charge is 0.490 e. The van der Waals surface area contributed by atoms with Crippen LogP contribution in [0.1, 0.15) is 22.3 Å². The molecule has 3 aromatic carbocycles. The van der Waals surface area contributed by atoms with Gasteiger partial charge in [-0.1, -0.05) is 12.1 Å². The lowest BCUT2D eigenvalue weighted by atomic mass is 10.0. The molecule has 1 N–H and O–H groups in total. The fraction of sp³-hybridized carbons (Fsp3) is 0.333. The molecule has 8 heteroatoms. The Labute approximate surface area is 221 Å². The summed E-state index contributed by atoms with van der Waals surface area (Å²) in [5.41, 5.74) is 2.52. The minimum absolute atomic E-state index is 0.112. The molecule has 1 saturated heterocycles. The highest BCUT2D eigenvalue weighted by molar-refractivity contribution is 6.07. The second-order valence-electron chi connectivity index (χ2n) is 9.51. The molecule has 0 atom stereocenters. The first-order chi connectivity index (χ1) is 18.7. The predicted octanol–water partition coefficient (Wildman–Crippen LogP) is 4.58. The van der Waals surface area contributed by atoms with Gasteiger partial charge in [0.25, 0.3) is 5.91 Å². The van der Waals surface area contributed by atoms with Gasteiger partial charge in [0.05, 0.1) is 37.3 Å². The Kier molecular flexibility index (Phi) is 6.98. The SMILES string of the molecule is CNC(=O)c1cccc2cc(Oc3ccnc4cc(OCCCN5CCOCC5)c5c(c34)CCO5)ccc12. The third kappa shape index (κ3) is 4.85. The molecule has 4 aromatic rings. The molecule has 1 fully saturated rings. The molecule has 6 rings (SSSR count). The highest BCUT2D eigenvalue weighted by Crippen LogP contribution is 2.44. The molecular weight excluding hydrogens is 482 g/mol. The van der Waals surface area contributed by atoms with Crippen LogP contribution in [0.25, 0.3) is 21.7 Å². The third-order valence-electron chi connectivity index (χ3n) is 7.14. The van der Waals surface area contributed by atoms with E-state index in [1.807, 2.05) is 48.5 Å². The maximum atomic E-state index is 12.3. The number of hydrogen-bond acceptors (Lipinski definition) is 7. The van der Waals surface area contributed by atoms with E-state index in [1.54, 1.807) is 13.2 Å². The van der Waals surface area contributed by atoms with Crippen LogP contribution in [-0.2, 0) is 11.2 Å². The molecule has 0 spiro atoms. The normalized spacial score (nSPS) is 15.3. The molecule has 0 aliphatic carbocycles. The van der Waals surface area contributed by atoms with Crippen molar-refractivity contribution in [1.82, 2.24) is 15.2 Å². The average molecular weight is 514 g/mol. The summed E-state index contributed by atoms with van der Waals surface area (Å²) in [6.07, 6.45) is 3.46. The number of carbonyl (C=O) groups excluding carboxylic acids is 1. The number of amides is 1. The van der Waals surface area contributed by atoms with Crippen LogP contribution >= 0.6 is 0 Å². The van der Waals surface area contributed by atoms with Crippen molar-refractivity contribution in [3.05, 3.63) is 65.9 Å². The Bertz CT molecular complexity index is 1480. The Hall–Kier alpha value is -3.88. The quantitative estimate of drug-likeness (QED) is 0.346. The maximum Gasteiger partial charge on any atom is 0.251 e. The number of aromatic nitrogens is 1. The van der Waals surface area contributed by atoms with Crippen LogP contribution in [0.3, 0.4) is 0 Å². The van der Waals surface area contributed by atoms with E-state index in [1.165, 1.54) is 0 Å². The number of rotatable bonds is 8. The lowest BCUT2D eigenvalue weighted by molar-refractivity contribution is 0.0357. The van der Waals surface area contributed by atoms with E-state index in [4.69, 9.17) is 18.9 Å². The first-order valence-corrected chi connectivity index (χ1v) is 13.1. The number of nitrogens with one attached hydrogen (secondary N) is 1. The van der Waals surface area contributed by atoms with E-state index in [9.17, 15) is 4.79 Å². The van der Waals surface area contributed by atoms with Crippen LogP contribution in [-0.4, -0.2) is 68.9 Å². The number of nitrogens with zero attached hydrogens (tertiary/aromatic N) is 2. The van der Waals surface area contributed by atoms with Crippen molar-refractivity contribution in [2.24, 2.45) is 0 Å². The summed E-state index contributed by atoms with van der Waals surface area (Å²) in [6, 6.07) is 15.3. The van der Waals surface area contributed by atoms with Gasteiger partial charge in [0.2, 0.25) is 0 Å². The summed E-state index contributed by atoms with van der Waals surface area (Å²) < 4.78 is 24.1. The molecule has 196 valence electrons. The molecular formula is C30H31N3O5. The minimum Gasteiger partial charge on any atom is -0.490 e. The van der Waals surface area contributed by atoms with Crippen LogP contribution in [0.15, 0.2) is 54.7 Å². The molecule has 0 bridgehead atoms. The van der Waals surface area contributed by atoms with E-state index in [2.05, 4.69) is 15.2 Å². The van der Waals surface area contributed by atoms with Gasteiger partial charge in [-0.3, -0.25) is 14.7 Å². The number of morpholine rings is 1. The summed E-state index contributed by atoms with van der Waals surface area (Å²) in [6.45, 7) is 5.78. The van der Waals surface area contributed by atoms with Crippen LogP contribution in [0, 0.1) is 0 Å². The second kappa shape index (κ2) is 10.8. The molecule has 2 aliphatic rings. The monoisotopic (exact) mass is 513 g/mol. The number of benzene rings is 3. The lowest BCUT2D eigenvalue weighted by Gasteiger charge is -2.26.